The summed E-state index contributed by atoms with van der Waals surface area (Å²) in [6.45, 7) is 0.731. The van der Waals surface area contributed by atoms with Gasteiger partial charge in [0.15, 0.2) is 0 Å². The van der Waals surface area contributed by atoms with E-state index in [1.54, 1.807) is 24.1 Å². The molecular formula is C23H21FN2O3S. The minimum absolute atomic E-state index is 0.119. The number of hydrogen-bond donors (Lipinski definition) is 1. The van der Waals surface area contributed by atoms with Gasteiger partial charge in [0.25, 0.3) is 5.91 Å². The van der Waals surface area contributed by atoms with Gasteiger partial charge in [0.05, 0.1) is 18.6 Å². The average molecular weight is 424 g/mol. The number of benzene rings is 2. The van der Waals surface area contributed by atoms with Gasteiger partial charge in [0.2, 0.25) is 5.91 Å². The van der Waals surface area contributed by atoms with Crippen LogP contribution in [0.5, 0.6) is 0 Å². The van der Waals surface area contributed by atoms with E-state index in [0.717, 1.165) is 4.88 Å². The summed E-state index contributed by atoms with van der Waals surface area (Å²) in [5.74, 6) is -1.35. The molecule has 1 N–H and O–H groups in total. The topological polar surface area (TPSA) is 58.6 Å². The standard InChI is InChI=1S/C23H21FN2O3S/c1-29-13-12-26-21(19-7-4-14-30-19)20(17-5-2-3-6-18(17)23(26)28)22(27)25-16-10-8-15(24)9-11-16/h2-11,14,20-21H,12-13H2,1H3,(H,25,27)/t20-,21-/m0/s1. The van der Waals surface area contributed by atoms with Crippen LogP contribution >= 0.6 is 11.3 Å². The van der Waals surface area contributed by atoms with Crippen LogP contribution in [0.4, 0.5) is 10.1 Å². The van der Waals surface area contributed by atoms with E-state index >= 15 is 0 Å². The van der Waals surface area contributed by atoms with Crippen molar-refractivity contribution in [1.29, 1.82) is 0 Å². The Morgan fingerprint density at radius 2 is 1.90 bits per heavy atom. The first-order chi connectivity index (χ1) is 14.6. The highest BCUT2D eigenvalue weighted by Crippen LogP contribution is 2.44. The monoisotopic (exact) mass is 424 g/mol. The third-order valence-corrected chi connectivity index (χ3v) is 6.15. The fourth-order valence-electron chi connectivity index (χ4n) is 3.84. The van der Waals surface area contributed by atoms with Crippen LogP contribution in [-0.2, 0) is 9.53 Å². The summed E-state index contributed by atoms with van der Waals surface area (Å²) in [4.78, 5) is 29.4. The lowest BCUT2D eigenvalue weighted by Gasteiger charge is -2.41. The number of carbonyl (C=O) groups excluding carboxylic acids is 2. The summed E-state index contributed by atoms with van der Waals surface area (Å²) in [6.07, 6.45) is 0. The maximum Gasteiger partial charge on any atom is 0.254 e. The molecule has 0 spiro atoms. The Bertz CT molecular complexity index is 1040. The second-order valence-electron chi connectivity index (χ2n) is 7.01. The number of ether oxygens (including phenoxy) is 1. The minimum atomic E-state index is -0.612. The van der Waals surface area contributed by atoms with E-state index in [9.17, 15) is 14.0 Å². The van der Waals surface area contributed by atoms with Crippen molar-refractivity contribution < 1.29 is 18.7 Å². The van der Waals surface area contributed by atoms with Gasteiger partial charge in [-0.05, 0) is 47.3 Å². The summed E-state index contributed by atoms with van der Waals surface area (Å²) in [5, 5.41) is 4.83. The number of hydrogen-bond acceptors (Lipinski definition) is 4. The Hall–Kier alpha value is -3.03. The molecule has 3 aromatic rings. The minimum Gasteiger partial charge on any atom is -0.383 e. The molecule has 30 heavy (non-hydrogen) atoms. The fraction of sp³-hybridized carbons (Fsp3) is 0.217. The van der Waals surface area contributed by atoms with Crippen LogP contribution in [0, 0.1) is 5.82 Å². The molecule has 0 saturated heterocycles. The molecule has 154 valence electrons. The number of anilines is 1. The molecule has 0 fully saturated rings. The molecule has 4 rings (SSSR count). The van der Waals surface area contributed by atoms with Crippen LogP contribution in [0.25, 0.3) is 0 Å². The van der Waals surface area contributed by atoms with Crippen LogP contribution in [0.15, 0.2) is 66.0 Å². The van der Waals surface area contributed by atoms with E-state index in [-0.39, 0.29) is 17.6 Å². The van der Waals surface area contributed by atoms with E-state index < -0.39 is 12.0 Å². The van der Waals surface area contributed by atoms with Gasteiger partial charge >= 0.3 is 0 Å². The lowest BCUT2D eigenvalue weighted by atomic mass is 9.81. The van der Waals surface area contributed by atoms with Crippen molar-refractivity contribution >= 4 is 28.8 Å². The number of halogens is 1. The molecule has 0 unspecified atom stereocenters. The molecule has 0 aliphatic carbocycles. The van der Waals surface area contributed by atoms with E-state index in [1.165, 1.54) is 35.6 Å². The van der Waals surface area contributed by atoms with Crippen LogP contribution in [0.1, 0.15) is 32.8 Å². The first-order valence-electron chi connectivity index (χ1n) is 9.59. The molecule has 0 radical (unpaired) electrons. The van der Waals surface area contributed by atoms with Gasteiger partial charge in [0, 0.05) is 29.8 Å². The number of amides is 2. The van der Waals surface area contributed by atoms with Crippen LogP contribution in [-0.4, -0.2) is 37.0 Å². The zero-order valence-electron chi connectivity index (χ0n) is 16.4. The average Bonchev–Trinajstić information content (AvgIpc) is 3.29. The first-order valence-corrected chi connectivity index (χ1v) is 10.5. The zero-order chi connectivity index (χ0) is 21.1. The molecule has 7 heteroatoms. The number of thiophene rings is 1. The summed E-state index contributed by atoms with van der Waals surface area (Å²) in [7, 11) is 1.58. The van der Waals surface area contributed by atoms with Crippen molar-refractivity contribution in [1.82, 2.24) is 4.90 Å². The molecule has 2 aromatic carbocycles. The number of methoxy groups -OCH3 is 1. The molecular weight excluding hydrogens is 403 g/mol. The van der Waals surface area contributed by atoms with Crippen molar-refractivity contribution in [2.75, 3.05) is 25.6 Å². The molecule has 2 atom stereocenters. The number of fused-ring (bicyclic) bond motifs is 1. The summed E-state index contributed by atoms with van der Waals surface area (Å²) in [5.41, 5.74) is 1.71. The predicted molar refractivity (Wildman–Crippen MR) is 114 cm³/mol. The van der Waals surface area contributed by atoms with Crippen LogP contribution in [0.3, 0.4) is 0 Å². The summed E-state index contributed by atoms with van der Waals surface area (Å²) in [6, 6.07) is 16.3. The van der Waals surface area contributed by atoms with Gasteiger partial charge in [-0.1, -0.05) is 24.3 Å². The SMILES string of the molecule is COCCN1C(=O)c2ccccc2[C@H](C(=O)Nc2ccc(F)cc2)[C@@H]1c1cccs1. The van der Waals surface area contributed by atoms with Crippen molar-refractivity contribution in [3.05, 3.63) is 87.9 Å². The third kappa shape index (κ3) is 3.86. The third-order valence-electron chi connectivity index (χ3n) is 5.20. The van der Waals surface area contributed by atoms with Crippen molar-refractivity contribution in [2.24, 2.45) is 0 Å². The van der Waals surface area contributed by atoms with Gasteiger partial charge < -0.3 is 15.0 Å². The van der Waals surface area contributed by atoms with Crippen molar-refractivity contribution in [3.8, 4) is 0 Å². The van der Waals surface area contributed by atoms with Crippen LogP contribution < -0.4 is 5.32 Å². The molecule has 2 amide bonds. The zero-order valence-corrected chi connectivity index (χ0v) is 17.2. The highest BCUT2D eigenvalue weighted by atomic mass is 32.1. The van der Waals surface area contributed by atoms with Gasteiger partial charge in [-0.25, -0.2) is 4.39 Å². The number of rotatable bonds is 6. The van der Waals surface area contributed by atoms with Gasteiger partial charge in [-0.3, -0.25) is 9.59 Å². The number of nitrogens with one attached hydrogen (secondary N) is 1. The second kappa shape index (κ2) is 8.77. The van der Waals surface area contributed by atoms with E-state index in [4.69, 9.17) is 4.74 Å². The summed E-state index contributed by atoms with van der Waals surface area (Å²) < 4.78 is 18.5. The van der Waals surface area contributed by atoms with Gasteiger partial charge in [-0.2, -0.15) is 0 Å². The Morgan fingerprint density at radius 3 is 2.60 bits per heavy atom. The van der Waals surface area contributed by atoms with Gasteiger partial charge in [-0.15, -0.1) is 11.3 Å². The number of nitrogens with zero attached hydrogens (tertiary/aromatic N) is 1. The molecule has 2 heterocycles. The summed E-state index contributed by atoms with van der Waals surface area (Å²) >= 11 is 1.51. The maximum absolute atomic E-state index is 13.5. The van der Waals surface area contributed by atoms with Crippen LogP contribution in [0.2, 0.25) is 0 Å². The first kappa shape index (κ1) is 20.3. The highest BCUT2D eigenvalue weighted by Gasteiger charge is 2.44. The highest BCUT2D eigenvalue weighted by molar-refractivity contribution is 7.10. The molecule has 0 saturated carbocycles. The largest absolute Gasteiger partial charge is 0.383 e. The van der Waals surface area contributed by atoms with Crippen molar-refractivity contribution in [2.45, 2.75) is 12.0 Å². The lowest BCUT2D eigenvalue weighted by molar-refractivity contribution is -0.119. The normalized spacial score (nSPS) is 18.2. The Labute approximate surface area is 178 Å². The van der Waals surface area contributed by atoms with Gasteiger partial charge in [0.1, 0.15) is 5.82 Å². The molecule has 1 aliphatic rings. The Kier molecular flexibility index (Phi) is 5.92. The quantitative estimate of drug-likeness (QED) is 0.636. The van der Waals surface area contributed by atoms with E-state index in [1.807, 2.05) is 29.6 Å². The predicted octanol–water partition coefficient (Wildman–Crippen LogP) is 4.45. The molecule has 0 bridgehead atoms. The lowest BCUT2D eigenvalue weighted by Crippen LogP contribution is -2.47. The Morgan fingerprint density at radius 1 is 1.13 bits per heavy atom. The molecule has 5 nitrogen and oxygen atoms in total. The van der Waals surface area contributed by atoms with E-state index in [2.05, 4.69) is 5.32 Å². The maximum atomic E-state index is 13.5. The number of carbonyl (C=O) groups is 2. The molecule has 1 aromatic heterocycles. The second-order valence-corrected chi connectivity index (χ2v) is 7.99. The molecule has 1 aliphatic heterocycles. The smallest absolute Gasteiger partial charge is 0.254 e. The van der Waals surface area contributed by atoms with Crippen molar-refractivity contribution in [3.63, 3.8) is 0 Å². The fourth-order valence-corrected chi connectivity index (χ4v) is 4.71. The Balaban J connectivity index is 1.78. The van der Waals surface area contributed by atoms with E-state index in [0.29, 0.717) is 30.0 Å².